The zero-order chi connectivity index (χ0) is 31.6. The van der Waals surface area contributed by atoms with Gasteiger partial charge in [0, 0.05) is 19.5 Å². The summed E-state index contributed by atoms with van der Waals surface area (Å²) in [5.74, 6) is -6.77. The Hall–Kier alpha value is -4.56. The van der Waals surface area contributed by atoms with Gasteiger partial charge in [0.05, 0.1) is 17.2 Å². The van der Waals surface area contributed by atoms with E-state index in [0.717, 1.165) is 21.9 Å². The van der Waals surface area contributed by atoms with E-state index >= 15 is 0 Å². The van der Waals surface area contributed by atoms with Crippen molar-refractivity contribution in [2.75, 3.05) is 19.6 Å². The summed E-state index contributed by atoms with van der Waals surface area (Å²) in [6.07, 6.45) is -8.55. The minimum Gasteiger partial charge on any atom is -0.327 e. The van der Waals surface area contributed by atoms with Gasteiger partial charge in [-0.2, -0.15) is 13.2 Å². The molecule has 1 N–H and O–H groups in total. The first kappa shape index (κ1) is 31.4. The Bertz CT molecular complexity index is 1450. The number of halogens is 6. The maximum atomic E-state index is 14.8. The van der Waals surface area contributed by atoms with Crippen molar-refractivity contribution in [1.82, 2.24) is 20.4 Å². The molecule has 0 aromatic heterocycles. The van der Waals surface area contributed by atoms with Gasteiger partial charge in [-0.15, -0.1) is 5.17 Å². The van der Waals surface area contributed by atoms with Crippen molar-refractivity contribution in [1.29, 1.82) is 0 Å². The number of piperazine rings is 1. The number of carbonyl (C=O) groups is 4. The van der Waals surface area contributed by atoms with Gasteiger partial charge in [0.2, 0.25) is 11.8 Å². The molecular formula is C28H26F6N4O5. The maximum Gasteiger partial charge on any atom is 0.493 e. The lowest BCUT2D eigenvalue weighted by Gasteiger charge is -2.39. The molecule has 0 aliphatic carbocycles. The number of amides is 3. The van der Waals surface area contributed by atoms with Gasteiger partial charge in [-0.05, 0) is 42.7 Å². The first-order chi connectivity index (χ1) is 20.2. The normalized spacial score (nSPS) is 18.6. The molecule has 9 nitrogen and oxygen atoms in total. The van der Waals surface area contributed by atoms with E-state index in [1.54, 1.807) is 18.2 Å². The average molecular weight is 613 g/mol. The predicted octanol–water partition coefficient (Wildman–Crippen LogP) is 3.94. The summed E-state index contributed by atoms with van der Waals surface area (Å²) in [5, 5.41) is 0.294. The second-order valence-electron chi connectivity index (χ2n) is 9.99. The Morgan fingerprint density at radius 2 is 1.74 bits per heavy atom. The fourth-order valence-corrected chi connectivity index (χ4v) is 4.77. The predicted molar refractivity (Wildman–Crippen MR) is 137 cm³/mol. The Morgan fingerprint density at radius 3 is 2.35 bits per heavy atom. The van der Waals surface area contributed by atoms with E-state index in [2.05, 4.69) is 10.3 Å². The van der Waals surface area contributed by atoms with Crippen LogP contribution in [0, 0.1) is 11.7 Å². The van der Waals surface area contributed by atoms with Crippen LogP contribution in [0.15, 0.2) is 59.8 Å². The van der Waals surface area contributed by atoms with Crippen molar-refractivity contribution < 1.29 is 50.4 Å². The molecule has 2 unspecified atom stereocenters. The molecule has 0 bridgehead atoms. The molecule has 230 valence electrons. The Morgan fingerprint density at radius 1 is 1.07 bits per heavy atom. The summed E-state index contributed by atoms with van der Waals surface area (Å²) in [5.41, 5.74) is 2.19. The lowest BCUT2D eigenvalue weighted by atomic mass is 9.94. The minimum atomic E-state index is -5.36. The fraction of sp³-hybridized carbons (Fsp3) is 0.357. The van der Waals surface area contributed by atoms with Crippen LogP contribution in [0.3, 0.4) is 0 Å². The third-order valence-corrected chi connectivity index (χ3v) is 7.25. The Labute approximate surface area is 241 Å². The summed E-state index contributed by atoms with van der Waals surface area (Å²) in [6, 6.07) is 9.45. The second kappa shape index (κ2) is 12.4. The van der Waals surface area contributed by atoms with Crippen LogP contribution < -0.4 is 5.43 Å². The summed E-state index contributed by atoms with van der Waals surface area (Å²) < 4.78 is 81.2. The Kier molecular flexibility index (Phi) is 9.01. The number of nitrogens with zero attached hydrogens (tertiary/aromatic N) is 3. The average Bonchev–Trinajstić information content (AvgIpc) is 2.95. The van der Waals surface area contributed by atoms with Crippen LogP contribution in [0.2, 0.25) is 0 Å². The van der Waals surface area contributed by atoms with Gasteiger partial charge < -0.3 is 14.6 Å². The highest BCUT2D eigenvalue weighted by Crippen LogP contribution is 2.31. The minimum absolute atomic E-state index is 0.0579. The molecule has 2 atom stereocenters. The quantitative estimate of drug-likeness (QED) is 0.476. The molecular weight excluding hydrogens is 586 g/mol. The smallest absolute Gasteiger partial charge is 0.327 e. The van der Waals surface area contributed by atoms with Crippen molar-refractivity contribution in [3.05, 3.63) is 82.3 Å². The van der Waals surface area contributed by atoms with Gasteiger partial charge >= 0.3 is 12.1 Å². The maximum absolute atomic E-state index is 14.8. The van der Waals surface area contributed by atoms with E-state index in [-0.39, 0.29) is 41.9 Å². The molecule has 43 heavy (non-hydrogen) atoms. The van der Waals surface area contributed by atoms with E-state index in [1.165, 1.54) is 32.0 Å². The van der Waals surface area contributed by atoms with E-state index in [9.17, 15) is 45.5 Å². The van der Waals surface area contributed by atoms with Crippen LogP contribution >= 0.6 is 0 Å². The molecule has 0 spiro atoms. The van der Waals surface area contributed by atoms with Crippen LogP contribution in [0.25, 0.3) is 0 Å². The first-order valence-electron chi connectivity index (χ1n) is 13.0. The SMILES string of the molecule is CC1=C(Cc2ccc(F)c(C(=O)N3CCN(C(c4ccccc4)C(F)F)C(=O)C3)c2)N(OC(=O)C(F)(F)F)NC(=O)C1C. The van der Waals surface area contributed by atoms with Crippen molar-refractivity contribution in [3.63, 3.8) is 0 Å². The molecule has 0 saturated carbocycles. The Balaban J connectivity index is 1.54. The first-order valence-corrected chi connectivity index (χ1v) is 13.0. The monoisotopic (exact) mass is 612 g/mol. The molecule has 2 aromatic carbocycles. The van der Waals surface area contributed by atoms with Gasteiger partial charge in [-0.25, -0.2) is 23.4 Å². The number of alkyl halides is 5. The van der Waals surface area contributed by atoms with Crippen molar-refractivity contribution in [2.24, 2.45) is 5.92 Å². The molecule has 15 heteroatoms. The number of hydrazine groups is 1. The molecule has 3 amide bonds. The number of benzene rings is 2. The molecule has 2 aliphatic rings. The highest BCUT2D eigenvalue weighted by molar-refractivity contribution is 5.97. The highest BCUT2D eigenvalue weighted by Gasteiger charge is 2.44. The lowest BCUT2D eigenvalue weighted by Crippen LogP contribution is -2.54. The third-order valence-electron chi connectivity index (χ3n) is 7.25. The van der Waals surface area contributed by atoms with E-state index in [0.29, 0.717) is 5.17 Å². The van der Waals surface area contributed by atoms with Crippen LogP contribution in [0.5, 0.6) is 0 Å². The molecule has 1 saturated heterocycles. The zero-order valence-electron chi connectivity index (χ0n) is 22.8. The molecule has 4 rings (SSSR count). The molecule has 1 fully saturated rings. The molecule has 2 aliphatic heterocycles. The molecule has 2 heterocycles. The van der Waals surface area contributed by atoms with Crippen LogP contribution in [0.1, 0.15) is 41.4 Å². The lowest BCUT2D eigenvalue weighted by molar-refractivity contribution is -0.242. The van der Waals surface area contributed by atoms with Crippen LogP contribution in [-0.2, 0) is 25.6 Å². The van der Waals surface area contributed by atoms with Crippen LogP contribution in [0.4, 0.5) is 26.3 Å². The summed E-state index contributed by atoms with van der Waals surface area (Å²) >= 11 is 0. The standard InChI is InChI=1S/C28H26F6N4O5/c1-15-16(2)25(40)35-38(43-27(42)28(32,33)34)21(15)13-17-8-9-20(29)19(12-17)26(41)36-10-11-37(22(39)14-36)23(24(30)31)18-6-4-3-5-7-18/h3-9,12,16,23-24H,10-11,13-14H2,1-2H3,(H,35,40). The van der Waals surface area contributed by atoms with Gasteiger partial charge in [-0.3, -0.25) is 14.4 Å². The molecule has 2 aromatic rings. The topological polar surface area (TPSA) is 99.3 Å². The van der Waals surface area contributed by atoms with E-state index < -0.39 is 66.2 Å². The third kappa shape index (κ3) is 6.75. The summed E-state index contributed by atoms with van der Waals surface area (Å²) in [7, 11) is 0. The molecule has 0 radical (unpaired) electrons. The fourth-order valence-electron chi connectivity index (χ4n) is 4.77. The number of allylic oxidation sites excluding steroid dienone is 1. The number of hydrogen-bond acceptors (Lipinski definition) is 6. The van der Waals surface area contributed by atoms with Crippen molar-refractivity contribution in [2.45, 2.75) is 38.9 Å². The summed E-state index contributed by atoms with van der Waals surface area (Å²) in [4.78, 5) is 56.1. The van der Waals surface area contributed by atoms with Crippen molar-refractivity contribution >= 4 is 23.7 Å². The number of hydrogen-bond donors (Lipinski definition) is 1. The zero-order valence-corrected chi connectivity index (χ0v) is 22.8. The van der Waals surface area contributed by atoms with E-state index in [1.807, 2.05) is 0 Å². The van der Waals surface area contributed by atoms with Crippen LogP contribution in [-0.4, -0.2) is 70.9 Å². The van der Waals surface area contributed by atoms with Gasteiger partial charge in [0.15, 0.2) is 0 Å². The number of rotatable bonds is 7. The van der Waals surface area contributed by atoms with Gasteiger partial charge in [-0.1, -0.05) is 36.4 Å². The second-order valence-corrected chi connectivity index (χ2v) is 9.99. The number of nitrogens with one attached hydrogen (secondary N) is 1. The van der Waals surface area contributed by atoms with E-state index in [4.69, 9.17) is 0 Å². The van der Waals surface area contributed by atoms with Gasteiger partial charge in [0.25, 0.3) is 12.3 Å². The van der Waals surface area contributed by atoms with Crippen molar-refractivity contribution in [3.8, 4) is 0 Å². The highest BCUT2D eigenvalue weighted by atomic mass is 19.4. The summed E-state index contributed by atoms with van der Waals surface area (Å²) in [6.45, 7) is 1.92. The number of carbonyl (C=O) groups excluding carboxylic acids is 4. The largest absolute Gasteiger partial charge is 0.493 e. The number of hydroxylamine groups is 1. The van der Waals surface area contributed by atoms with Gasteiger partial charge in [0.1, 0.15) is 18.4 Å².